The molecule has 1 aromatic rings. The van der Waals surface area contributed by atoms with Crippen molar-refractivity contribution in [2.24, 2.45) is 5.92 Å². The van der Waals surface area contributed by atoms with E-state index < -0.39 is 18.2 Å². The first-order valence-corrected chi connectivity index (χ1v) is 7.18. The summed E-state index contributed by atoms with van der Waals surface area (Å²) in [6.07, 6.45) is -4.61. The van der Waals surface area contributed by atoms with Crippen molar-refractivity contribution in [3.63, 3.8) is 0 Å². The molecule has 0 saturated carbocycles. The Morgan fingerprint density at radius 1 is 1.55 bits per heavy atom. The summed E-state index contributed by atoms with van der Waals surface area (Å²) in [4.78, 5) is 9.10. The van der Waals surface area contributed by atoms with Gasteiger partial charge in [-0.25, -0.2) is 4.98 Å². The van der Waals surface area contributed by atoms with Gasteiger partial charge in [-0.3, -0.25) is 4.90 Å². The number of anilines is 1. The molecule has 20 heavy (non-hydrogen) atoms. The Morgan fingerprint density at radius 3 is 2.80 bits per heavy atom. The average Bonchev–Trinajstić information content (AvgIpc) is 2.96. The molecule has 0 spiro atoms. The SMILES string of the molecule is CN(C)c1ncc(CN2CCC(C(O)C(F)(F)F)C2)s1. The van der Waals surface area contributed by atoms with Crippen LogP contribution in [-0.4, -0.2) is 54.5 Å². The predicted molar refractivity (Wildman–Crippen MR) is 71.9 cm³/mol. The molecule has 4 nitrogen and oxygen atoms in total. The number of halogens is 3. The summed E-state index contributed by atoms with van der Waals surface area (Å²) in [6.45, 7) is 1.44. The van der Waals surface area contributed by atoms with Crippen molar-refractivity contribution in [2.75, 3.05) is 32.1 Å². The Balaban J connectivity index is 1.90. The molecular formula is C12H18F3N3OS. The van der Waals surface area contributed by atoms with Crippen LogP contribution in [0.5, 0.6) is 0 Å². The van der Waals surface area contributed by atoms with Gasteiger partial charge in [-0.15, -0.1) is 11.3 Å². The zero-order valence-corrected chi connectivity index (χ0v) is 12.2. The highest BCUT2D eigenvalue weighted by Gasteiger charge is 2.45. The third kappa shape index (κ3) is 3.62. The quantitative estimate of drug-likeness (QED) is 0.923. The van der Waals surface area contributed by atoms with Crippen LogP contribution in [0.4, 0.5) is 18.3 Å². The number of nitrogens with zero attached hydrogens (tertiary/aromatic N) is 3. The van der Waals surface area contributed by atoms with Crippen LogP contribution in [0.2, 0.25) is 0 Å². The molecule has 1 aliphatic rings. The van der Waals surface area contributed by atoms with Crippen LogP contribution in [0.1, 0.15) is 11.3 Å². The second-order valence-corrected chi connectivity index (χ2v) is 6.37. The number of hydrogen-bond donors (Lipinski definition) is 1. The van der Waals surface area contributed by atoms with Gasteiger partial charge in [0.15, 0.2) is 11.2 Å². The van der Waals surface area contributed by atoms with Crippen molar-refractivity contribution in [1.29, 1.82) is 0 Å². The highest BCUT2D eigenvalue weighted by atomic mass is 32.1. The van der Waals surface area contributed by atoms with E-state index in [4.69, 9.17) is 0 Å². The molecule has 2 rings (SSSR count). The Morgan fingerprint density at radius 2 is 2.25 bits per heavy atom. The lowest BCUT2D eigenvalue weighted by Crippen LogP contribution is -2.37. The van der Waals surface area contributed by atoms with Crippen molar-refractivity contribution < 1.29 is 18.3 Å². The molecule has 2 atom stereocenters. The third-order valence-corrected chi connectivity index (χ3v) is 4.54. The number of rotatable bonds is 4. The molecule has 1 N–H and O–H groups in total. The van der Waals surface area contributed by atoms with Gasteiger partial charge in [0.1, 0.15) is 0 Å². The fourth-order valence-corrected chi connectivity index (χ4v) is 3.20. The highest BCUT2D eigenvalue weighted by Crippen LogP contribution is 2.32. The monoisotopic (exact) mass is 309 g/mol. The number of likely N-dealkylation sites (tertiary alicyclic amines) is 1. The van der Waals surface area contributed by atoms with Gasteiger partial charge >= 0.3 is 6.18 Å². The fraction of sp³-hybridized carbons (Fsp3) is 0.750. The first-order chi connectivity index (χ1) is 9.27. The molecule has 0 aromatic carbocycles. The minimum absolute atomic E-state index is 0.274. The molecule has 0 bridgehead atoms. The van der Waals surface area contributed by atoms with Crippen LogP contribution in [0, 0.1) is 5.92 Å². The smallest absolute Gasteiger partial charge is 0.383 e. The molecule has 8 heteroatoms. The van der Waals surface area contributed by atoms with Gasteiger partial charge in [0.25, 0.3) is 0 Å². The standard InChI is InChI=1S/C12H18F3N3OS/c1-17(2)11-16-5-9(20-11)7-18-4-3-8(6-18)10(19)12(13,14)15/h5,8,10,19H,3-4,6-7H2,1-2H3. The lowest BCUT2D eigenvalue weighted by Gasteiger charge is -2.21. The van der Waals surface area contributed by atoms with E-state index in [0.29, 0.717) is 19.5 Å². The maximum Gasteiger partial charge on any atom is 0.414 e. The van der Waals surface area contributed by atoms with E-state index in [0.717, 1.165) is 10.0 Å². The Labute approximate surface area is 119 Å². The summed E-state index contributed by atoms with van der Waals surface area (Å²) in [7, 11) is 3.79. The van der Waals surface area contributed by atoms with Crippen molar-refractivity contribution in [3.8, 4) is 0 Å². The van der Waals surface area contributed by atoms with Gasteiger partial charge in [-0.1, -0.05) is 0 Å². The minimum Gasteiger partial charge on any atom is -0.383 e. The first-order valence-electron chi connectivity index (χ1n) is 6.36. The van der Waals surface area contributed by atoms with Crippen molar-refractivity contribution >= 4 is 16.5 Å². The van der Waals surface area contributed by atoms with E-state index in [-0.39, 0.29) is 6.54 Å². The number of aliphatic hydroxyl groups is 1. The van der Waals surface area contributed by atoms with E-state index >= 15 is 0 Å². The second-order valence-electron chi connectivity index (χ2n) is 5.27. The number of hydrogen-bond acceptors (Lipinski definition) is 5. The summed E-state index contributed by atoms with van der Waals surface area (Å²) >= 11 is 1.53. The average molecular weight is 309 g/mol. The summed E-state index contributed by atoms with van der Waals surface area (Å²) in [6, 6.07) is 0. The number of aliphatic hydroxyl groups excluding tert-OH is 1. The summed E-state index contributed by atoms with van der Waals surface area (Å²) < 4.78 is 37.4. The Kier molecular flexibility index (Phi) is 4.55. The molecule has 0 aliphatic carbocycles. The van der Waals surface area contributed by atoms with Crippen LogP contribution in [0.15, 0.2) is 6.20 Å². The van der Waals surface area contributed by atoms with Crippen LogP contribution in [0.25, 0.3) is 0 Å². The van der Waals surface area contributed by atoms with Crippen LogP contribution < -0.4 is 4.90 Å². The zero-order chi connectivity index (χ0) is 14.9. The van der Waals surface area contributed by atoms with Crippen LogP contribution >= 0.6 is 11.3 Å². The minimum atomic E-state index is -4.52. The molecule has 2 unspecified atom stereocenters. The topological polar surface area (TPSA) is 39.6 Å². The van der Waals surface area contributed by atoms with Crippen molar-refractivity contribution in [3.05, 3.63) is 11.1 Å². The van der Waals surface area contributed by atoms with E-state index in [1.165, 1.54) is 11.3 Å². The maximum absolute atomic E-state index is 12.5. The molecule has 0 amide bonds. The number of alkyl halides is 3. The van der Waals surface area contributed by atoms with E-state index in [9.17, 15) is 18.3 Å². The largest absolute Gasteiger partial charge is 0.414 e. The highest BCUT2D eigenvalue weighted by molar-refractivity contribution is 7.15. The number of thiazole rings is 1. The molecule has 1 fully saturated rings. The lowest BCUT2D eigenvalue weighted by molar-refractivity contribution is -0.218. The fourth-order valence-electron chi connectivity index (χ4n) is 2.33. The van der Waals surface area contributed by atoms with E-state index in [1.807, 2.05) is 23.9 Å². The van der Waals surface area contributed by atoms with Gasteiger partial charge in [0.05, 0.1) is 0 Å². The molecule has 1 aliphatic heterocycles. The van der Waals surface area contributed by atoms with E-state index in [2.05, 4.69) is 4.98 Å². The Hall–Kier alpha value is -0.860. The van der Waals surface area contributed by atoms with Gasteiger partial charge in [0, 0.05) is 44.2 Å². The molecule has 1 saturated heterocycles. The van der Waals surface area contributed by atoms with Crippen LogP contribution in [0.3, 0.4) is 0 Å². The van der Waals surface area contributed by atoms with Gasteiger partial charge in [-0.05, 0) is 13.0 Å². The van der Waals surface area contributed by atoms with Crippen molar-refractivity contribution in [2.45, 2.75) is 25.2 Å². The molecule has 2 heterocycles. The summed E-state index contributed by atoms with van der Waals surface area (Å²) in [5.41, 5.74) is 0. The van der Waals surface area contributed by atoms with Gasteiger partial charge < -0.3 is 10.0 Å². The molecule has 0 radical (unpaired) electrons. The normalized spacial score (nSPS) is 22.2. The maximum atomic E-state index is 12.5. The molecular weight excluding hydrogens is 291 g/mol. The second kappa shape index (κ2) is 5.87. The van der Waals surface area contributed by atoms with Gasteiger partial charge in [0.2, 0.25) is 0 Å². The first kappa shape index (κ1) is 15.5. The zero-order valence-electron chi connectivity index (χ0n) is 11.4. The molecule has 1 aromatic heterocycles. The lowest BCUT2D eigenvalue weighted by atomic mass is 10.0. The Bertz CT molecular complexity index is 449. The summed E-state index contributed by atoms with van der Waals surface area (Å²) in [5.74, 6) is -0.726. The van der Waals surface area contributed by atoms with Crippen molar-refractivity contribution in [1.82, 2.24) is 9.88 Å². The van der Waals surface area contributed by atoms with Gasteiger partial charge in [-0.2, -0.15) is 13.2 Å². The van der Waals surface area contributed by atoms with Crippen LogP contribution in [-0.2, 0) is 6.54 Å². The van der Waals surface area contributed by atoms with E-state index in [1.54, 1.807) is 6.20 Å². The number of aromatic nitrogens is 1. The third-order valence-electron chi connectivity index (χ3n) is 3.39. The molecule has 114 valence electrons. The predicted octanol–water partition coefficient (Wildman–Crippen LogP) is 1.95. The summed E-state index contributed by atoms with van der Waals surface area (Å²) in [5, 5.41) is 10.2.